The first-order valence-corrected chi connectivity index (χ1v) is 11.6. The van der Waals surface area contributed by atoms with Gasteiger partial charge in [-0.05, 0) is 54.5 Å². The van der Waals surface area contributed by atoms with E-state index in [4.69, 9.17) is 0 Å². The van der Waals surface area contributed by atoms with Crippen molar-refractivity contribution in [3.63, 3.8) is 0 Å². The number of likely N-dealkylation sites (tertiary alicyclic amines) is 1. The molecule has 1 N–H and O–H groups in total. The van der Waals surface area contributed by atoms with E-state index in [1.54, 1.807) is 47.6 Å². The average molecular weight is 465 g/mol. The standard InChI is InChI=1S/C26H29FN4O3/c1-18(2)5-10-23(32)30-14-11-20(12-15-30)26(21-4-3-13-28-16-21)24(33)31(25(34)29-26)17-19-6-8-22(27)9-7-19/h3-10,13,16,18,20H,11-12,14-15,17H2,1-2H3,(H,29,34). The number of amides is 4. The first-order valence-electron chi connectivity index (χ1n) is 11.6. The maximum atomic E-state index is 13.9. The van der Waals surface area contributed by atoms with Crippen LogP contribution in [0.2, 0.25) is 0 Å². The molecule has 2 aliphatic heterocycles. The molecule has 7 nitrogen and oxygen atoms in total. The zero-order valence-corrected chi connectivity index (χ0v) is 19.4. The minimum absolute atomic E-state index is 0.0395. The number of pyridine rings is 1. The molecule has 4 amide bonds. The third kappa shape index (κ3) is 4.58. The molecular weight excluding hydrogens is 435 g/mol. The number of carbonyl (C=O) groups is 3. The fourth-order valence-electron chi connectivity index (χ4n) is 4.73. The molecule has 34 heavy (non-hydrogen) atoms. The Labute approximate surface area is 198 Å². The number of allylic oxidation sites excluding steroid dienone is 1. The van der Waals surface area contributed by atoms with E-state index in [1.807, 2.05) is 19.9 Å². The van der Waals surface area contributed by atoms with Gasteiger partial charge in [0.2, 0.25) is 5.91 Å². The van der Waals surface area contributed by atoms with Crippen molar-refractivity contribution in [2.75, 3.05) is 13.1 Å². The monoisotopic (exact) mass is 464 g/mol. The van der Waals surface area contributed by atoms with Gasteiger partial charge in [0.05, 0.1) is 6.54 Å². The number of imide groups is 1. The second kappa shape index (κ2) is 9.75. The van der Waals surface area contributed by atoms with E-state index < -0.39 is 11.6 Å². The van der Waals surface area contributed by atoms with E-state index >= 15 is 0 Å². The highest BCUT2D eigenvalue weighted by molar-refractivity contribution is 6.07. The number of carbonyl (C=O) groups excluding carboxylic acids is 3. The minimum atomic E-state index is -1.26. The Bertz CT molecular complexity index is 1080. The Morgan fingerprint density at radius 1 is 1.21 bits per heavy atom. The van der Waals surface area contributed by atoms with Crippen molar-refractivity contribution in [1.29, 1.82) is 0 Å². The number of nitrogens with zero attached hydrogens (tertiary/aromatic N) is 3. The summed E-state index contributed by atoms with van der Waals surface area (Å²) < 4.78 is 13.3. The van der Waals surface area contributed by atoms with Crippen LogP contribution in [-0.2, 0) is 21.7 Å². The van der Waals surface area contributed by atoms with Gasteiger partial charge >= 0.3 is 6.03 Å². The summed E-state index contributed by atoms with van der Waals surface area (Å²) in [5.41, 5.74) is 0.0255. The van der Waals surface area contributed by atoms with Crippen LogP contribution in [0.1, 0.15) is 37.8 Å². The molecule has 3 heterocycles. The fraction of sp³-hybridized carbons (Fsp3) is 0.385. The summed E-state index contributed by atoms with van der Waals surface area (Å²) >= 11 is 0. The Morgan fingerprint density at radius 2 is 1.91 bits per heavy atom. The SMILES string of the molecule is CC(C)C=CC(=O)N1CCC(C2(c3cccnc3)NC(=O)N(Cc3ccc(F)cc3)C2=O)CC1. The summed E-state index contributed by atoms with van der Waals surface area (Å²) in [7, 11) is 0. The van der Waals surface area contributed by atoms with Gasteiger partial charge in [-0.25, -0.2) is 9.18 Å². The third-order valence-electron chi connectivity index (χ3n) is 6.55. The zero-order chi connectivity index (χ0) is 24.3. The van der Waals surface area contributed by atoms with Crippen LogP contribution in [0.15, 0.2) is 60.9 Å². The predicted octanol–water partition coefficient (Wildman–Crippen LogP) is 3.62. The molecule has 2 aliphatic rings. The molecule has 0 saturated carbocycles. The van der Waals surface area contributed by atoms with Crippen LogP contribution in [0.4, 0.5) is 9.18 Å². The molecule has 0 aliphatic carbocycles. The number of piperidine rings is 1. The van der Waals surface area contributed by atoms with Crippen LogP contribution in [-0.4, -0.2) is 45.7 Å². The second-order valence-corrected chi connectivity index (χ2v) is 9.20. The summed E-state index contributed by atoms with van der Waals surface area (Å²) in [4.78, 5) is 46.6. The Kier molecular flexibility index (Phi) is 6.77. The van der Waals surface area contributed by atoms with Crippen LogP contribution in [0.25, 0.3) is 0 Å². The van der Waals surface area contributed by atoms with Crippen LogP contribution in [0, 0.1) is 17.7 Å². The maximum absolute atomic E-state index is 13.9. The lowest BCUT2D eigenvalue weighted by atomic mass is 9.73. The van der Waals surface area contributed by atoms with Crippen LogP contribution in [0.5, 0.6) is 0 Å². The molecule has 1 aromatic heterocycles. The van der Waals surface area contributed by atoms with E-state index in [2.05, 4.69) is 10.3 Å². The second-order valence-electron chi connectivity index (χ2n) is 9.20. The number of rotatable bonds is 6. The van der Waals surface area contributed by atoms with E-state index in [0.29, 0.717) is 37.1 Å². The topological polar surface area (TPSA) is 82.6 Å². The summed E-state index contributed by atoms with van der Waals surface area (Å²) in [5.74, 6) is -0.685. The van der Waals surface area contributed by atoms with E-state index in [1.165, 1.54) is 17.0 Å². The van der Waals surface area contributed by atoms with E-state index in [-0.39, 0.29) is 36.0 Å². The van der Waals surface area contributed by atoms with Crippen LogP contribution in [0.3, 0.4) is 0 Å². The van der Waals surface area contributed by atoms with Crippen molar-refractivity contribution in [1.82, 2.24) is 20.1 Å². The zero-order valence-electron chi connectivity index (χ0n) is 19.4. The summed E-state index contributed by atoms with van der Waals surface area (Å²) in [6.45, 7) is 5.06. The molecule has 0 radical (unpaired) electrons. The van der Waals surface area contributed by atoms with Gasteiger partial charge < -0.3 is 10.2 Å². The highest BCUT2D eigenvalue weighted by atomic mass is 19.1. The molecule has 2 fully saturated rings. The van der Waals surface area contributed by atoms with Crippen molar-refractivity contribution in [3.05, 3.63) is 77.9 Å². The minimum Gasteiger partial charge on any atom is -0.339 e. The summed E-state index contributed by atoms with van der Waals surface area (Å²) in [6.07, 6.45) is 7.84. The van der Waals surface area contributed by atoms with Gasteiger partial charge in [0.1, 0.15) is 5.82 Å². The lowest BCUT2D eigenvalue weighted by Gasteiger charge is -2.40. The normalized spacial score (nSPS) is 21.5. The maximum Gasteiger partial charge on any atom is 0.325 e. The average Bonchev–Trinajstić information content (AvgIpc) is 3.10. The molecular formula is C26H29FN4O3. The molecule has 178 valence electrons. The molecule has 2 saturated heterocycles. The summed E-state index contributed by atoms with van der Waals surface area (Å²) in [6, 6.07) is 8.80. The first kappa shape index (κ1) is 23.6. The van der Waals surface area contributed by atoms with Crippen molar-refractivity contribution in [2.45, 2.75) is 38.8 Å². The molecule has 2 aromatic rings. The van der Waals surface area contributed by atoms with E-state index in [0.717, 1.165) is 0 Å². The number of hydrogen-bond acceptors (Lipinski definition) is 4. The van der Waals surface area contributed by atoms with Gasteiger partial charge in [0, 0.05) is 31.0 Å². The number of halogens is 1. The Morgan fingerprint density at radius 3 is 2.53 bits per heavy atom. The Hall–Kier alpha value is -3.55. The molecule has 1 unspecified atom stereocenters. The number of urea groups is 1. The van der Waals surface area contributed by atoms with E-state index in [9.17, 15) is 18.8 Å². The van der Waals surface area contributed by atoms with Crippen LogP contribution < -0.4 is 5.32 Å². The predicted molar refractivity (Wildman–Crippen MR) is 125 cm³/mol. The fourth-order valence-corrected chi connectivity index (χ4v) is 4.73. The number of aromatic nitrogens is 1. The number of hydrogen-bond donors (Lipinski definition) is 1. The molecule has 4 rings (SSSR count). The lowest BCUT2D eigenvalue weighted by Crippen LogP contribution is -2.54. The van der Waals surface area contributed by atoms with Gasteiger partial charge in [-0.3, -0.25) is 19.5 Å². The largest absolute Gasteiger partial charge is 0.339 e. The third-order valence-corrected chi connectivity index (χ3v) is 6.55. The molecule has 0 spiro atoms. The van der Waals surface area contributed by atoms with Gasteiger partial charge in [-0.2, -0.15) is 0 Å². The quantitative estimate of drug-likeness (QED) is 0.523. The van der Waals surface area contributed by atoms with Gasteiger partial charge in [-0.15, -0.1) is 0 Å². The Balaban J connectivity index is 1.59. The molecule has 1 atom stereocenters. The lowest BCUT2D eigenvalue weighted by molar-refractivity contribution is -0.135. The summed E-state index contributed by atoms with van der Waals surface area (Å²) in [5, 5.41) is 2.97. The van der Waals surface area contributed by atoms with Crippen molar-refractivity contribution in [3.8, 4) is 0 Å². The van der Waals surface area contributed by atoms with Crippen molar-refractivity contribution >= 4 is 17.8 Å². The number of benzene rings is 1. The smallest absolute Gasteiger partial charge is 0.325 e. The molecule has 1 aromatic carbocycles. The first-order chi connectivity index (χ1) is 16.3. The highest BCUT2D eigenvalue weighted by Gasteiger charge is 2.57. The molecule has 8 heteroatoms. The van der Waals surface area contributed by atoms with Gasteiger partial charge in [0.25, 0.3) is 5.91 Å². The van der Waals surface area contributed by atoms with Crippen molar-refractivity contribution < 1.29 is 18.8 Å². The van der Waals surface area contributed by atoms with Crippen molar-refractivity contribution in [2.24, 2.45) is 11.8 Å². The number of nitrogens with one attached hydrogen (secondary N) is 1. The van der Waals surface area contributed by atoms with Gasteiger partial charge in [-0.1, -0.05) is 38.1 Å². The molecule has 0 bridgehead atoms. The highest BCUT2D eigenvalue weighted by Crippen LogP contribution is 2.41. The van der Waals surface area contributed by atoms with Crippen LogP contribution >= 0.6 is 0 Å². The van der Waals surface area contributed by atoms with Gasteiger partial charge in [0.15, 0.2) is 5.54 Å².